The van der Waals surface area contributed by atoms with E-state index < -0.39 is 28.9 Å². The van der Waals surface area contributed by atoms with Crippen molar-refractivity contribution in [3.63, 3.8) is 0 Å². The van der Waals surface area contributed by atoms with E-state index in [9.17, 15) is 23.5 Å². The number of likely N-dealkylation sites (tertiary alicyclic amines) is 1. The number of rotatable bonds is 4. The molecule has 2 fully saturated rings. The fraction of sp³-hybridized carbons (Fsp3) is 0.556. The van der Waals surface area contributed by atoms with Gasteiger partial charge >= 0.3 is 12.1 Å². The van der Waals surface area contributed by atoms with Crippen LogP contribution in [-0.4, -0.2) is 40.1 Å². The van der Waals surface area contributed by atoms with E-state index >= 15 is 0 Å². The summed E-state index contributed by atoms with van der Waals surface area (Å²) >= 11 is 0. The zero-order valence-corrected chi connectivity index (χ0v) is 14.0. The number of amides is 1. The maximum absolute atomic E-state index is 13.4. The monoisotopic (exact) mass is 353 g/mol. The Morgan fingerprint density at radius 1 is 1.20 bits per heavy atom. The van der Waals surface area contributed by atoms with Crippen molar-refractivity contribution in [2.45, 2.75) is 50.7 Å². The molecule has 1 aliphatic heterocycles. The largest absolute Gasteiger partial charge is 0.479 e. The van der Waals surface area contributed by atoms with Crippen molar-refractivity contribution in [1.82, 2.24) is 4.90 Å². The van der Waals surface area contributed by atoms with E-state index in [0.717, 1.165) is 10.5 Å². The number of aliphatic carboxylic acids is 1. The second-order valence-electron chi connectivity index (χ2n) is 7.20. The van der Waals surface area contributed by atoms with Crippen molar-refractivity contribution in [3.8, 4) is 0 Å². The van der Waals surface area contributed by atoms with Gasteiger partial charge in [0.05, 0.1) is 0 Å². The van der Waals surface area contributed by atoms with Crippen LogP contribution in [0.3, 0.4) is 0 Å². The highest BCUT2D eigenvalue weighted by Gasteiger charge is 2.67. The van der Waals surface area contributed by atoms with Crippen molar-refractivity contribution in [3.05, 3.63) is 35.9 Å². The highest BCUT2D eigenvalue weighted by atomic mass is 19.3. The van der Waals surface area contributed by atoms with Gasteiger partial charge in [0.25, 0.3) is 0 Å². The Labute approximate surface area is 144 Å². The van der Waals surface area contributed by atoms with Crippen LogP contribution in [0.4, 0.5) is 13.6 Å². The Bertz CT molecular complexity index is 671. The third kappa shape index (κ3) is 3.07. The van der Waals surface area contributed by atoms with Gasteiger partial charge in [-0.05, 0) is 18.4 Å². The molecule has 1 saturated carbocycles. The normalized spacial score (nSPS) is 26.3. The number of hydrogen-bond acceptors (Lipinski definition) is 3. The molecule has 1 saturated heterocycles. The lowest BCUT2D eigenvalue weighted by Crippen LogP contribution is -2.52. The number of ether oxygens (including phenoxy) is 1. The molecule has 25 heavy (non-hydrogen) atoms. The van der Waals surface area contributed by atoms with Gasteiger partial charge < -0.3 is 9.84 Å². The number of carbonyl (C=O) groups excluding carboxylic acids is 1. The lowest BCUT2D eigenvalue weighted by molar-refractivity contribution is -0.160. The topological polar surface area (TPSA) is 66.8 Å². The molecular formula is C18H21F2NO4. The smallest absolute Gasteiger partial charge is 0.411 e. The standard InChI is InChI=1S/C18H21F2NO4/c1-2-17(14(22)23)9-16(10-18(19,20)11-16)12-21(17)15(24)25-8-13-6-4-3-5-7-13/h3-7H,2,8-12H2,1H3,(H,22,23)/t17-/m0/s1. The summed E-state index contributed by atoms with van der Waals surface area (Å²) in [7, 11) is 0. The maximum Gasteiger partial charge on any atom is 0.411 e. The maximum atomic E-state index is 13.4. The molecule has 1 atom stereocenters. The van der Waals surface area contributed by atoms with E-state index in [4.69, 9.17) is 4.74 Å². The minimum Gasteiger partial charge on any atom is -0.479 e. The molecule has 136 valence electrons. The number of carboxylic acids is 1. The first kappa shape index (κ1) is 17.6. The van der Waals surface area contributed by atoms with Gasteiger partial charge in [-0.25, -0.2) is 18.4 Å². The summed E-state index contributed by atoms with van der Waals surface area (Å²) < 4.78 is 32.1. The predicted molar refractivity (Wildman–Crippen MR) is 85.2 cm³/mol. The second kappa shape index (κ2) is 5.97. The number of halogens is 2. The van der Waals surface area contributed by atoms with Gasteiger partial charge in [-0.15, -0.1) is 0 Å². The van der Waals surface area contributed by atoms with Crippen molar-refractivity contribution in [1.29, 1.82) is 0 Å². The fourth-order valence-electron chi connectivity index (χ4n) is 4.24. The molecule has 1 heterocycles. The Balaban J connectivity index is 1.77. The van der Waals surface area contributed by atoms with Gasteiger partial charge in [0.2, 0.25) is 5.92 Å². The van der Waals surface area contributed by atoms with Crippen molar-refractivity contribution in [2.24, 2.45) is 5.41 Å². The van der Waals surface area contributed by atoms with Gasteiger partial charge in [0, 0.05) is 24.8 Å². The van der Waals surface area contributed by atoms with Crippen LogP contribution in [0.15, 0.2) is 30.3 Å². The molecule has 1 N–H and O–H groups in total. The summed E-state index contributed by atoms with van der Waals surface area (Å²) in [6.07, 6.45) is -1.33. The number of carbonyl (C=O) groups is 2. The highest BCUT2D eigenvalue weighted by Crippen LogP contribution is 2.61. The third-order valence-electron chi connectivity index (χ3n) is 5.35. The minimum atomic E-state index is -2.78. The van der Waals surface area contributed by atoms with Crippen LogP contribution in [0.1, 0.15) is 38.2 Å². The van der Waals surface area contributed by atoms with Gasteiger partial charge in [-0.2, -0.15) is 0 Å². The summed E-state index contributed by atoms with van der Waals surface area (Å²) in [6, 6.07) is 9.01. The molecule has 5 nitrogen and oxygen atoms in total. The minimum absolute atomic E-state index is 0.00362. The third-order valence-corrected chi connectivity index (χ3v) is 5.35. The Morgan fingerprint density at radius 3 is 2.36 bits per heavy atom. The summed E-state index contributed by atoms with van der Waals surface area (Å²) in [6.45, 7) is 1.66. The average Bonchev–Trinajstić information content (AvgIpc) is 2.88. The van der Waals surface area contributed by atoms with Gasteiger partial charge in [0.1, 0.15) is 12.1 Å². The molecule has 1 spiro atoms. The molecule has 3 rings (SSSR count). The molecule has 1 aliphatic carbocycles. The number of benzene rings is 1. The molecule has 1 aromatic rings. The van der Waals surface area contributed by atoms with Crippen LogP contribution in [0.2, 0.25) is 0 Å². The van der Waals surface area contributed by atoms with Crippen LogP contribution < -0.4 is 0 Å². The predicted octanol–water partition coefficient (Wildman–Crippen LogP) is 3.68. The van der Waals surface area contributed by atoms with Crippen LogP contribution in [0.5, 0.6) is 0 Å². The molecule has 7 heteroatoms. The second-order valence-corrected chi connectivity index (χ2v) is 7.20. The molecule has 0 radical (unpaired) electrons. The molecule has 1 aromatic carbocycles. The van der Waals surface area contributed by atoms with Gasteiger partial charge in [0.15, 0.2) is 0 Å². The van der Waals surface area contributed by atoms with Crippen molar-refractivity contribution >= 4 is 12.1 Å². The molecule has 0 unspecified atom stereocenters. The molecular weight excluding hydrogens is 332 g/mol. The first-order valence-electron chi connectivity index (χ1n) is 8.32. The van der Waals surface area contributed by atoms with E-state index in [1.54, 1.807) is 31.2 Å². The quantitative estimate of drug-likeness (QED) is 0.897. The van der Waals surface area contributed by atoms with E-state index in [1.807, 2.05) is 6.07 Å². The van der Waals surface area contributed by atoms with E-state index in [1.165, 1.54) is 0 Å². The lowest BCUT2D eigenvalue weighted by atomic mass is 9.63. The summed E-state index contributed by atoms with van der Waals surface area (Å²) in [5.74, 6) is -3.94. The summed E-state index contributed by atoms with van der Waals surface area (Å²) in [4.78, 5) is 25.6. The first-order valence-corrected chi connectivity index (χ1v) is 8.32. The molecule has 0 aromatic heterocycles. The Morgan fingerprint density at radius 2 is 1.84 bits per heavy atom. The van der Waals surface area contributed by atoms with Crippen LogP contribution in [0, 0.1) is 5.41 Å². The number of carboxylic acid groups (broad SMARTS) is 1. The van der Waals surface area contributed by atoms with Crippen molar-refractivity contribution < 1.29 is 28.2 Å². The van der Waals surface area contributed by atoms with Crippen LogP contribution in [0.25, 0.3) is 0 Å². The van der Waals surface area contributed by atoms with E-state index in [2.05, 4.69) is 0 Å². The first-order chi connectivity index (χ1) is 11.7. The van der Waals surface area contributed by atoms with Crippen LogP contribution in [-0.2, 0) is 16.1 Å². The number of nitrogens with zero attached hydrogens (tertiary/aromatic N) is 1. The SMILES string of the molecule is CC[C@@]1(C(=O)O)CC2(CN1C(=O)OCc1ccccc1)CC(F)(F)C2. The Kier molecular flexibility index (Phi) is 4.21. The lowest BCUT2D eigenvalue weighted by Gasteiger charge is -2.44. The number of hydrogen-bond donors (Lipinski definition) is 1. The van der Waals surface area contributed by atoms with E-state index in [0.29, 0.717) is 0 Å². The highest BCUT2D eigenvalue weighted by molar-refractivity contribution is 5.85. The average molecular weight is 353 g/mol. The summed E-state index contributed by atoms with van der Waals surface area (Å²) in [5.41, 5.74) is -1.54. The van der Waals surface area contributed by atoms with Crippen LogP contribution >= 0.6 is 0 Å². The number of alkyl halides is 2. The molecule has 2 aliphatic rings. The van der Waals surface area contributed by atoms with Gasteiger partial charge in [-0.3, -0.25) is 4.90 Å². The van der Waals surface area contributed by atoms with E-state index in [-0.39, 0.29) is 38.8 Å². The van der Waals surface area contributed by atoms with Gasteiger partial charge in [-0.1, -0.05) is 37.3 Å². The zero-order valence-electron chi connectivity index (χ0n) is 14.0. The Hall–Kier alpha value is -2.18. The summed E-state index contributed by atoms with van der Waals surface area (Å²) in [5, 5.41) is 9.71. The fourth-order valence-corrected chi connectivity index (χ4v) is 4.24. The van der Waals surface area contributed by atoms with Crippen molar-refractivity contribution in [2.75, 3.05) is 6.54 Å². The molecule has 0 bridgehead atoms. The molecule has 1 amide bonds. The zero-order chi connectivity index (χ0) is 18.3.